The SMILES string of the molecule is C1CCPNNC1. The number of hydrogen-bond donors (Lipinski definition) is 2. The van der Waals surface area contributed by atoms with Gasteiger partial charge in [-0.05, 0) is 27.7 Å². The van der Waals surface area contributed by atoms with Crippen LogP contribution in [0.25, 0.3) is 0 Å². The van der Waals surface area contributed by atoms with Gasteiger partial charge in [0.05, 0.1) is 0 Å². The van der Waals surface area contributed by atoms with Gasteiger partial charge in [-0.2, -0.15) is 0 Å². The second kappa shape index (κ2) is 3.36. The molecule has 7 heavy (non-hydrogen) atoms. The largest absolute Gasteiger partial charge is 0.255 e. The van der Waals surface area contributed by atoms with E-state index in [9.17, 15) is 0 Å². The predicted octanol–water partition coefficient (Wildman–Crippen LogP) is 0.468. The molecule has 1 heterocycles. The molecular formula is C4H11N2P. The van der Waals surface area contributed by atoms with Gasteiger partial charge < -0.3 is 0 Å². The van der Waals surface area contributed by atoms with Crippen molar-refractivity contribution >= 4 is 8.73 Å². The molecule has 42 valence electrons. The van der Waals surface area contributed by atoms with Crippen LogP contribution in [-0.2, 0) is 0 Å². The third-order valence-corrected chi connectivity index (χ3v) is 1.99. The van der Waals surface area contributed by atoms with Crippen LogP contribution in [0.3, 0.4) is 0 Å². The van der Waals surface area contributed by atoms with Crippen LogP contribution in [-0.4, -0.2) is 12.7 Å². The van der Waals surface area contributed by atoms with Gasteiger partial charge in [0.2, 0.25) is 0 Å². The highest BCUT2D eigenvalue weighted by Gasteiger charge is 1.92. The maximum Gasteiger partial charge on any atom is 0.0103 e. The van der Waals surface area contributed by atoms with E-state index >= 15 is 0 Å². The lowest BCUT2D eigenvalue weighted by Crippen LogP contribution is -2.23. The molecule has 1 rings (SSSR count). The van der Waals surface area contributed by atoms with Gasteiger partial charge in [-0.3, -0.25) is 5.43 Å². The fraction of sp³-hybridized carbons (Fsp3) is 1.00. The summed E-state index contributed by atoms with van der Waals surface area (Å²) in [6.45, 7) is 1.15. The van der Waals surface area contributed by atoms with Crippen molar-refractivity contribution in [3.05, 3.63) is 0 Å². The summed E-state index contributed by atoms with van der Waals surface area (Å²) in [5.74, 6) is 0. The van der Waals surface area contributed by atoms with E-state index in [-0.39, 0.29) is 0 Å². The van der Waals surface area contributed by atoms with Crippen molar-refractivity contribution in [1.29, 1.82) is 0 Å². The van der Waals surface area contributed by atoms with Crippen molar-refractivity contribution < 1.29 is 0 Å². The minimum absolute atomic E-state index is 0.934. The third kappa shape index (κ3) is 2.22. The molecule has 0 spiro atoms. The molecule has 0 aromatic rings. The van der Waals surface area contributed by atoms with E-state index in [2.05, 4.69) is 10.6 Å². The van der Waals surface area contributed by atoms with E-state index in [1.165, 1.54) is 19.0 Å². The van der Waals surface area contributed by atoms with E-state index in [1.54, 1.807) is 0 Å². The lowest BCUT2D eigenvalue weighted by atomic mass is 10.3. The monoisotopic (exact) mass is 118 g/mol. The van der Waals surface area contributed by atoms with E-state index in [0.717, 1.165) is 15.3 Å². The lowest BCUT2D eigenvalue weighted by molar-refractivity contribution is 0.654. The molecule has 0 aromatic heterocycles. The zero-order chi connectivity index (χ0) is 4.95. The average Bonchev–Trinajstić information content (AvgIpc) is 1.90. The van der Waals surface area contributed by atoms with Crippen LogP contribution in [0.5, 0.6) is 0 Å². The molecule has 0 bridgehead atoms. The molecule has 1 fully saturated rings. The topological polar surface area (TPSA) is 24.1 Å². The Morgan fingerprint density at radius 2 is 2.29 bits per heavy atom. The first-order valence-electron chi connectivity index (χ1n) is 2.71. The summed E-state index contributed by atoms with van der Waals surface area (Å²) < 4.78 is 0. The van der Waals surface area contributed by atoms with Gasteiger partial charge >= 0.3 is 0 Å². The van der Waals surface area contributed by atoms with Crippen LogP contribution in [0.15, 0.2) is 0 Å². The quantitative estimate of drug-likeness (QED) is 0.452. The summed E-state index contributed by atoms with van der Waals surface area (Å²) in [5, 5.41) is 3.12. The molecule has 1 aliphatic heterocycles. The maximum atomic E-state index is 3.12. The van der Waals surface area contributed by atoms with Crippen molar-refractivity contribution in [2.45, 2.75) is 12.8 Å². The van der Waals surface area contributed by atoms with E-state index in [0.29, 0.717) is 0 Å². The zero-order valence-corrected chi connectivity index (χ0v) is 5.33. The van der Waals surface area contributed by atoms with Crippen LogP contribution < -0.4 is 10.6 Å². The number of rotatable bonds is 0. The molecule has 0 radical (unpaired) electrons. The predicted molar refractivity (Wildman–Crippen MR) is 33.6 cm³/mol. The molecular weight excluding hydrogens is 107 g/mol. The van der Waals surface area contributed by atoms with E-state index < -0.39 is 0 Å². The first kappa shape index (κ1) is 5.49. The highest BCUT2D eigenvalue weighted by Crippen LogP contribution is 2.07. The van der Waals surface area contributed by atoms with Crippen molar-refractivity contribution in [2.75, 3.05) is 12.7 Å². The normalized spacial score (nSPS) is 27.4. The fourth-order valence-corrected chi connectivity index (χ4v) is 1.42. The Morgan fingerprint density at radius 1 is 1.29 bits per heavy atom. The first-order valence-corrected chi connectivity index (χ1v) is 3.91. The molecule has 1 unspecified atom stereocenters. The highest BCUT2D eigenvalue weighted by molar-refractivity contribution is 7.35. The Kier molecular flexibility index (Phi) is 2.64. The Labute approximate surface area is 45.9 Å². The van der Waals surface area contributed by atoms with E-state index in [4.69, 9.17) is 0 Å². The molecule has 2 nitrogen and oxygen atoms in total. The number of hydrogen-bond acceptors (Lipinski definition) is 2. The summed E-state index contributed by atoms with van der Waals surface area (Å²) >= 11 is 0. The Bertz CT molecular complexity index is 29.3. The molecule has 1 saturated heterocycles. The first-order chi connectivity index (χ1) is 3.50. The zero-order valence-electron chi connectivity index (χ0n) is 4.33. The van der Waals surface area contributed by atoms with Crippen molar-refractivity contribution in [3.63, 3.8) is 0 Å². The fourth-order valence-electron chi connectivity index (χ4n) is 0.614. The van der Waals surface area contributed by atoms with Gasteiger partial charge in [-0.15, -0.1) is 0 Å². The van der Waals surface area contributed by atoms with Crippen LogP contribution in [0.1, 0.15) is 12.8 Å². The molecule has 1 atom stereocenters. The van der Waals surface area contributed by atoms with Crippen LogP contribution in [0.2, 0.25) is 0 Å². The van der Waals surface area contributed by atoms with Crippen molar-refractivity contribution in [1.82, 2.24) is 10.6 Å². The van der Waals surface area contributed by atoms with Gasteiger partial charge in [0.25, 0.3) is 0 Å². The van der Waals surface area contributed by atoms with Gasteiger partial charge in [0.1, 0.15) is 0 Å². The maximum absolute atomic E-state index is 3.12. The minimum Gasteiger partial charge on any atom is -0.255 e. The smallest absolute Gasteiger partial charge is 0.0103 e. The second-order valence-corrected chi connectivity index (χ2v) is 2.79. The molecule has 2 N–H and O–H groups in total. The Morgan fingerprint density at radius 3 is 3.29 bits per heavy atom. The molecule has 0 amide bonds. The summed E-state index contributed by atoms with van der Waals surface area (Å²) in [6, 6.07) is 0. The standard InChI is InChI=1S/C4H11N2P/c1-2-4-7-6-5-3-1/h5-7H,1-4H2. The van der Waals surface area contributed by atoms with Crippen LogP contribution >= 0.6 is 8.73 Å². The summed E-state index contributed by atoms with van der Waals surface area (Å²) in [4.78, 5) is 0. The van der Waals surface area contributed by atoms with Crippen molar-refractivity contribution in [3.8, 4) is 0 Å². The molecule has 0 saturated carbocycles. The third-order valence-electron chi connectivity index (χ3n) is 1.03. The van der Waals surface area contributed by atoms with Gasteiger partial charge in [0, 0.05) is 6.54 Å². The highest BCUT2D eigenvalue weighted by atomic mass is 31.1. The number of nitrogens with one attached hydrogen (secondary N) is 2. The minimum atomic E-state index is 0.934. The summed E-state index contributed by atoms with van der Waals surface area (Å²) in [6.07, 6.45) is 4.07. The Hall–Kier alpha value is 0.350. The van der Waals surface area contributed by atoms with Gasteiger partial charge in [-0.25, -0.2) is 5.20 Å². The lowest BCUT2D eigenvalue weighted by Gasteiger charge is -1.95. The Balaban J connectivity index is 2.04. The molecule has 3 heteroatoms. The summed E-state index contributed by atoms with van der Waals surface area (Å²) in [5.41, 5.74) is 3.11. The molecule has 1 aliphatic rings. The average molecular weight is 118 g/mol. The van der Waals surface area contributed by atoms with E-state index in [1.807, 2.05) is 0 Å². The summed E-state index contributed by atoms with van der Waals surface area (Å²) in [7, 11) is 0.934. The van der Waals surface area contributed by atoms with Gasteiger partial charge in [-0.1, -0.05) is 0 Å². The molecule has 0 aliphatic carbocycles. The van der Waals surface area contributed by atoms with Crippen molar-refractivity contribution in [2.24, 2.45) is 0 Å². The van der Waals surface area contributed by atoms with Crippen LogP contribution in [0, 0.1) is 0 Å². The molecule has 0 aromatic carbocycles. The van der Waals surface area contributed by atoms with Gasteiger partial charge in [0.15, 0.2) is 0 Å². The van der Waals surface area contributed by atoms with Crippen LogP contribution in [0.4, 0.5) is 0 Å². The second-order valence-electron chi connectivity index (χ2n) is 1.69. The number of hydrazine groups is 1.